The van der Waals surface area contributed by atoms with Crippen molar-refractivity contribution < 1.29 is 9.53 Å². The lowest BCUT2D eigenvalue weighted by Gasteiger charge is -2.45. The summed E-state index contributed by atoms with van der Waals surface area (Å²) in [4.78, 5) is 22.2. The number of hydrogen-bond donors (Lipinski definition) is 0. The van der Waals surface area contributed by atoms with Gasteiger partial charge in [0, 0.05) is 57.4 Å². The van der Waals surface area contributed by atoms with Crippen LogP contribution in [-0.4, -0.2) is 63.3 Å². The van der Waals surface area contributed by atoms with E-state index >= 15 is 0 Å². The van der Waals surface area contributed by atoms with Crippen molar-refractivity contribution in [3.8, 4) is 5.75 Å². The average molecular weight is 516 g/mol. The van der Waals surface area contributed by atoms with Crippen LogP contribution in [0, 0.1) is 5.41 Å². The van der Waals surface area contributed by atoms with Crippen molar-refractivity contribution in [2.75, 3.05) is 32.8 Å². The van der Waals surface area contributed by atoms with E-state index in [-0.39, 0.29) is 17.4 Å². The van der Waals surface area contributed by atoms with Crippen LogP contribution in [-0.2, 0) is 13.0 Å². The molecule has 1 amide bonds. The van der Waals surface area contributed by atoms with Crippen molar-refractivity contribution in [1.29, 1.82) is 0 Å². The molecule has 5 rings (SSSR count). The maximum absolute atomic E-state index is 13.4. The van der Waals surface area contributed by atoms with Crippen LogP contribution in [0.4, 0.5) is 0 Å². The molecule has 202 valence electrons. The molecule has 2 aromatic heterocycles. The number of rotatable bonds is 4. The second-order valence-corrected chi connectivity index (χ2v) is 11.3. The van der Waals surface area contributed by atoms with E-state index in [4.69, 9.17) is 4.74 Å². The number of likely N-dealkylation sites (tertiary alicyclic amines) is 1. The molecule has 4 heterocycles. The Bertz CT molecular complexity index is 1180. The molecule has 7 nitrogen and oxygen atoms in total. The van der Waals surface area contributed by atoms with Crippen molar-refractivity contribution in [3.05, 3.63) is 77.9 Å². The summed E-state index contributed by atoms with van der Waals surface area (Å²) < 4.78 is 8.15. The van der Waals surface area contributed by atoms with Gasteiger partial charge in [-0.25, -0.2) is 0 Å². The van der Waals surface area contributed by atoms with Gasteiger partial charge in [-0.05, 0) is 86.8 Å². The summed E-state index contributed by atoms with van der Waals surface area (Å²) in [7, 11) is 0. The fraction of sp³-hybridized carbons (Fsp3) is 0.516. The van der Waals surface area contributed by atoms with Crippen LogP contribution in [0.1, 0.15) is 73.6 Å². The fourth-order valence-corrected chi connectivity index (χ4v) is 6.11. The molecular weight excluding hydrogens is 474 g/mol. The van der Waals surface area contributed by atoms with E-state index in [1.165, 1.54) is 24.0 Å². The van der Waals surface area contributed by atoms with Gasteiger partial charge in [-0.15, -0.1) is 0 Å². The first kappa shape index (κ1) is 26.4. The summed E-state index contributed by atoms with van der Waals surface area (Å²) in [6, 6.07) is 14.7. The van der Waals surface area contributed by atoms with Gasteiger partial charge < -0.3 is 9.64 Å². The molecule has 7 heteroatoms. The largest absolute Gasteiger partial charge is 0.492 e. The highest BCUT2D eigenvalue weighted by Gasteiger charge is 2.38. The van der Waals surface area contributed by atoms with Crippen molar-refractivity contribution in [1.82, 2.24) is 24.6 Å². The number of hydrogen-bond acceptors (Lipinski definition) is 5. The molecule has 0 unspecified atom stereocenters. The van der Waals surface area contributed by atoms with Crippen LogP contribution in [0.2, 0.25) is 0 Å². The van der Waals surface area contributed by atoms with E-state index in [1.807, 2.05) is 28.0 Å². The van der Waals surface area contributed by atoms with E-state index in [0.717, 1.165) is 64.2 Å². The van der Waals surface area contributed by atoms with Gasteiger partial charge in [0.25, 0.3) is 5.91 Å². The maximum Gasteiger partial charge on any atom is 0.272 e. The van der Waals surface area contributed by atoms with Gasteiger partial charge in [0.15, 0.2) is 0 Å². The lowest BCUT2D eigenvalue weighted by atomic mass is 9.73. The highest BCUT2D eigenvalue weighted by atomic mass is 16.5. The number of pyridine rings is 1. The minimum Gasteiger partial charge on any atom is -0.492 e. The van der Waals surface area contributed by atoms with Crippen molar-refractivity contribution in [2.45, 2.75) is 65.0 Å². The molecule has 0 saturated carbocycles. The molecule has 1 aromatic carbocycles. The predicted molar refractivity (Wildman–Crippen MR) is 149 cm³/mol. The molecule has 2 aliphatic rings. The van der Waals surface area contributed by atoms with Crippen molar-refractivity contribution in [3.63, 3.8) is 0 Å². The molecule has 2 aliphatic heterocycles. The predicted octanol–water partition coefficient (Wildman–Crippen LogP) is 5.39. The summed E-state index contributed by atoms with van der Waals surface area (Å²) in [5.41, 5.74) is 3.48. The first-order valence-corrected chi connectivity index (χ1v) is 14.2. The Morgan fingerprint density at radius 3 is 2.55 bits per heavy atom. The zero-order valence-corrected chi connectivity index (χ0v) is 22.9. The standard InChI is InChI=1S/C31H41N5O2/c1-25(2)36-28(12-18-33-36)30(37)35-19-14-31(15-20-35)13-6-5-8-27-7-3-4-9-29(27)38-22-21-34(24-31)23-26-10-16-32-17-11-26/h3-4,7,9-12,16-18,25H,5-6,8,13-15,19-24H2,1-2H3. The molecule has 1 spiro atoms. The third-order valence-electron chi connectivity index (χ3n) is 8.25. The van der Waals surface area contributed by atoms with Gasteiger partial charge in [0.2, 0.25) is 0 Å². The summed E-state index contributed by atoms with van der Waals surface area (Å²) in [5, 5.41) is 4.39. The lowest BCUT2D eigenvalue weighted by molar-refractivity contribution is 0.0353. The van der Waals surface area contributed by atoms with Crippen molar-refractivity contribution >= 4 is 5.91 Å². The Kier molecular flexibility index (Phi) is 8.42. The van der Waals surface area contributed by atoms with E-state index in [0.29, 0.717) is 12.3 Å². The quantitative estimate of drug-likeness (QED) is 0.466. The fourth-order valence-electron chi connectivity index (χ4n) is 6.11. The summed E-state index contributed by atoms with van der Waals surface area (Å²) in [5.74, 6) is 1.14. The molecule has 0 radical (unpaired) electrons. The summed E-state index contributed by atoms with van der Waals surface area (Å²) >= 11 is 0. The number of aromatic nitrogens is 3. The minimum atomic E-state index is 0.109. The number of fused-ring (bicyclic) bond motifs is 1. The average Bonchev–Trinajstić information content (AvgIpc) is 3.42. The molecule has 0 atom stereocenters. The number of para-hydroxylation sites is 1. The SMILES string of the molecule is CC(C)n1nccc1C(=O)N1CCC2(CCCCc3ccccc3OCCN(Cc3ccncc3)C2)CC1. The molecule has 38 heavy (non-hydrogen) atoms. The number of piperidine rings is 1. The Labute approximate surface area is 226 Å². The Hall–Kier alpha value is -3.19. The lowest BCUT2D eigenvalue weighted by Crippen LogP contribution is -2.48. The first-order valence-electron chi connectivity index (χ1n) is 14.2. The monoisotopic (exact) mass is 515 g/mol. The summed E-state index contributed by atoms with van der Waals surface area (Å²) in [6.07, 6.45) is 12.1. The number of carbonyl (C=O) groups is 1. The number of aryl methyl sites for hydroxylation is 1. The maximum atomic E-state index is 13.4. The third kappa shape index (κ3) is 6.26. The normalized spacial score (nSPS) is 18.9. The molecule has 0 aliphatic carbocycles. The van der Waals surface area contributed by atoms with Crippen LogP contribution >= 0.6 is 0 Å². The second kappa shape index (κ2) is 12.1. The highest BCUT2D eigenvalue weighted by molar-refractivity contribution is 5.92. The minimum absolute atomic E-state index is 0.109. The molecule has 0 bridgehead atoms. The van der Waals surface area contributed by atoms with Crippen LogP contribution < -0.4 is 4.74 Å². The number of carbonyl (C=O) groups excluding carboxylic acids is 1. The number of benzene rings is 1. The zero-order valence-electron chi connectivity index (χ0n) is 22.9. The zero-order chi connectivity index (χ0) is 26.4. The van der Waals surface area contributed by atoms with Gasteiger partial charge in [0.05, 0.1) is 0 Å². The van der Waals surface area contributed by atoms with Crippen LogP contribution in [0.15, 0.2) is 61.1 Å². The van der Waals surface area contributed by atoms with Crippen LogP contribution in [0.3, 0.4) is 0 Å². The number of amides is 1. The van der Waals surface area contributed by atoms with Crippen LogP contribution in [0.25, 0.3) is 0 Å². The molecule has 0 N–H and O–H groups in total. The number of ether oxygens (including phenoxy) is 1. The molecular formula is C31H41N5O2. The molecule has 3 aromatic rings. The van der Waals surface area contributed by atoms with E-state index in [1.54, 1.807) is 6.20 Å². The Morgan fingerprint density at radius 2 is 1.76 bits per heavy atom. The van der Waals surface area contributed by atoms with Gasteiger partial charge in [-0.1, -0.05) is 24.6 Å². The topological polar surface area (TPSA) is 63.5 Å². The van der Waals surface area contributed by atoms with E-state index in [9.17, 15) is 4.79 Å². The third-order valence-corrected chi connectivity index (χ3v) is 8.25. The van der Waals surface area contributed by atoms with Gasteiger partial charge in [-0.2, -0.15) is 5.10 Å². The second-order valence-electron chi connectivity index (χ2n) is 11.3. The first-order chi connectivity index (χ1) is 18.5. The van der Waals surface area contributed by atoms with Gasteiger partial charge >= 0.3 is 0 Å². The number of nitrogens with zero attached hydrogens (tertiary/aromatic N) is 5. The summed E-state index contributed by atoms with van der Waals surface area (Å²) in [6.45, 7) is 9.17. The van der Waals surface area contributed by atoms with Gasteiger partial charge in [-0.3, -0.25) is 19.4 Å². The molecule has 1 fully saturated rings. The highest BCUT2D eigenvalue weighted by Crippen LogP contribution is 2.39. The van der Waals surface area contributed by atoms with E-state index < -0.39 is 0 Å². The Morgan fingerprint density at radius 1 is 0.974 bits per heavy atom. The smallest absolute Gasteiger partial charge is 0.272 e. The Balaban J connectivity index is 1.32. The van der Waals surface area contributed by atoms with Crippen molar-refractivity contribution in [2.24, 2.45) is 5.41 Å². The van der Waals surface area contributed by atoms with Crippen LogP contribution in [0.5, 0.6) is 5.75 Å². The van der Waals surface area contributed by atoms with E-state index in [2.05, 4.69) is 65.2 Å². The van der Waals surface area contributed by atoms with Gasteiger partial charge in [0.1, 0.15) is 18.1 Å². The molecule has 1 saturated heterocycles.